The van der Waals surface area contributed by atoms with Crippen molar-refractivity contribution in [2.24, 2.45) is 4.99 Å². The van der Waals surface area contributed by atoms with Crippen LogP contribution in [0.25, 0.3) is 11.3 Å². The summed E-state index contributed by atoms with van der Waals surface area (Å²) in [5.41, 5.74) is 2.28. The number of ether oxygens (including phenoxy) is 1. The molecule has 1 aromatic carbocycles. The summed E-state index contributed by atoms with van der Waals surface area (Å²) in [6, 6.07) is 7.63. The van der Waals surface area contributed by atoms with Gasteiger partial charge >= 0.3 is 5.97 Å². The molecule has 0 N–H and O–H groups in total. The lowest BCUT2D eigenvalue weighted by Crippen LogP contribution is -2.23. The standard InChI is InChI=1S/C22H23NO4/c1-3-26-22(25)18-13(2)27-21-16-11-7-6-10-15(16)20(24)17(19(18)21)12-23-14-8-4-5-9-14/h6-7,10-12,14,17H,3-5,8-9H2,1-2H3/t17-/m1/s1. The topological polar surface area (TPSA) is 68.9 Å². The van der Waals surface area contributed by atoms with Gasteiger partial charge in [-0.3, -0.25) is 9.79 Å². The smallest absolute Gasteiger partial charge is 0.342 e. The van der Waals surface area contributed by atoms with Crippen molar-refractivity contribution < 1.29 is 18.7 Å². The number of hydrogen-bond acceptors (Lipinski definition) is 5. The van der Waals surface area contributed by atoms with Crippen LogP contribution in [0.1, 0.15) is 70.6 Å². The van der Waals surface area contributed by atoms with E-state index >= 15 is 0 Å². The van der Waals surface area contributed by atoms with Gasteiger partial charge in [0.15, 0.2) is 5.78 Å². The highest BCUT2D eigenvalue weighted by Crippen LogP contribution is 2.43. The number of aliphatic imine (C=N–C) groups is 1. The first-order valence-electron chi connectivity index (χ1n) is 9.59. The van der Waals surface area contributed by atoms with Gasteiger partial charge in [-0.05, 0) is 26.7 Å². The minimum absolute atomic E-state index is 0.0498. The quantitative estimate of drug-likeness (QED) is 0.580. The van der Waals surface area contributed by atoms with E-state index < -0.39 is 11.9 Å². The number of rotatable bonds is 4. The Balaban J connectivity index is 1.86. The second kappa shape index (κ2) is 7.14. The molecule has 1 saturated carbocycles. The summed E-state index contributed by atoms with van der Waals surface area (Å²) in [5.74, 6) is -0.0687. The molecule has 2 aliphatic carbocycles. The van der Waals surface area contributed by atoms with Crippen LogP contribution in [-0.4, -0.2) is 30.6 Å². The normalized spacial score (nSPS) is 19.3. The summed E-state index contributed by atoms with van der Waals surface area (Å²) in [4.78, 5) is 30.5. The highest BCUT2D eigenvalue weighted by molar-refractivity contribution is 6.18. The zero-order chi connectivity index (χ0) is 19.0. The Morgan fingerprint density at radius 3 is 2.67 bits per heavy atom. The maximum atomic E-state index is 13.2. The Morgan fingerprint density at radius 2 is 1.96 bits per heavy atom. The van der Waals surface area contributed by atoms with Gasteiger partial charge in [0.1, 0.15) is 17.1 Å². The first-order chi connectivity index (χ1) is 13.1. The van der Waals surface area contributed by atoms with Crippen LogP contribution in [0.3, 0.4) is 0 Å². The molecule has 0 unspecified atom stereocenters. The molecule has 1 heterocycles. The summed E-state index contributed by atoms with van der Waals surface area (Å²) in [6.45, 7) is 3.77. The van der Waals surface area contributed by atoms with Crippen LogP contribution in [0.4, 0.5) is 0 Å². The fourth-order valence-corrected chi connectivity index (χ4v) is 4.11. The molecule has 5 heteroatoms. The number of hydrogen-bond donors (Lipinski definition) is 0. The number of esters is 1. The third-order valence-electron chi connectivity index (χ3n) is 5.40. The molecular formula is C22H23NO4. The van der Waals surface area contributed by atoms with Crippen molar-refractivity contribution in [2.45, 2.75) is 51.5 Å². The van der Waals surface area contributed by atoms with Crippen molar-refractivity contribution in [3.8, 4) is 11.3 Å². The van der Waals surface area contributed by atoms with Crippen molar-refractivity contribution >= 4 is 18.0 Å². The largest absolute Gasteiger partial charge is 0.462 e. The maximum Gasteiger partial charge on any atom is 0.342 e. The number of fused-ring (bicyclic) bond motifs is 3. The van der Waals surface area contributed by atoms with E-state index in [1.54, 1.807) is 26.1 Å². The summed E-state index contributed by atoms with van der Waals surface area (Å²) < 4.78 is 11.2. The average Bonchev–Trinajstić information content (AvgIpc) is 3.29. The highest BCUT2D eigenvalue weighted by Gasteiger charge is 2.39. The van der Waals surface area contributed by atoms with Crippen molar-refractivity contribution in [1.29, 1.82) is 0 Å². The van der Waals surface area contributed by atoms with Crippen LogP contribution < -0.4 is 0 Å². The summed E-state index contributed by atoms with van der Waals surface area (Å²) in [7, 11) is 0. The van der Waals surface area contributed by atoms with Gasteiger partial charge in [-0.15, -0.1) is 0 Å². The van der Waals surface area contributed by atoms with Crippen LogP contribution in [0, 0.1) is 6.92 Å². The van der Waals surface area contributed by atoms with Gasteiger partial charge in [-0.2, -0.15) is 0 Å². The predicted octanol–water partition coefficient (Wildman–Crippen LogP) is 4.73. The maximum absolute atomic E-state index is 13.2. The van der Waals surface area contributed by atoms with E-state index in [9.17, 15) is 9.59 Å². The highest BCUT2D eigenvalue weighted by atomic mass is 16.5. The SMILES string of the molecule is CCOC(=O)c1c(C)oc2c1[C@@H](C=NC1CCCC1)C(=O)c1ccccc1-2. The van der Waals surface area contributed by atoms with E-state index in [2.05, 4.69) is 4.99 Å². The number of carbonyl (C=O) groups is 2. The first-order valence-corrected chi connectivity index (χ1v) is 9.59. The van der Waals surface area contributed by atoms with Gasteiger partial charge < -0.3 is 9.15 Å². The monoisotopic (exact) mass is 365 g/mol. The summed E-state index contributed by atoms with van der Waals surface area (Å²) >= 11 is 0. The Bertz CT molecular complexity index is 918. The Kier molecular flexibility index (Phi) is 4.68. The van der Waals surface area contributed by atoms with E-state index in [1.807, 2.05) is 18.2 Å². The lowest BCUT2D eigenvalue weighted by atomic mass is 9.80. The third-order valence-corrected chi connectivity index (χ3v) is 5.40. The van der Waals surface area contributed by atoms with Gasteiger partial charge in [-0.1, -0.05) is 37.1 Å². The second-order valence-electron chi connectivity index (χ2n) is 7.12. The molecule has 1 atom stereocenters. The van der Waals surface area contributed by atoms with Crippen LogP contribution in [-0.2, 0) is 4.74 Å². The molecule has 4 rings (SSSR count). The zero-order valence-electron chi connectivity index (χ0n) is 15.7. The number of carbonyl (C=O) groups excluding carboxylic acids is 2. The molecule has 1 fully saturated rings. The van der Waals surface area contributed by atoms with E-state index in [1.165, 1.54) is 12.8 Å². The lowest BCUT2D eigenvalue weighted by molar-refractivity contribution is 0.0523. The van der Waals surface area contributed by atoms with Gasteiger partial charge in [0.05, 0.1) is 12.5 Å². The van der Waals surface area contributed by atoms with E-state index in [-0.39, 0.29) is 18.4 Å². The summed E-state index contributed by atoms with van der Waals surface area (Å²) in [6.07, 6.45) is 6.18. The fourth-order valence-electron chi connectivity index (χ4n) is 4.11. The van der Waals surface area contributed by atoms with Crippen LogP contribution in [0.5, 0.6) is 0 Å². The Labute approximate surface area is 158 Å². The van der Waals surface area contributed by atoms with Gasteiger partial charge in [-0.25, -0.2) is 4.79 Å². The second-order valence-corrected chi connectivity index (χ2v) is 7.12. The van der Waals surface area contributed by atoms with Crippen molar-refractivity contribution in [3.05, 3.63) is 46.7 Å². The molecule has 2 aliphatic rings. The average molecular weight is 365 g/mol. The number of ketones is 1. The van der Waals surface area contributed by atoms with Gasteiger partial charge in [0.2, 0.25) is 0 Å². The Hall–Kier alpha value is -2.69. The molecule has 0 amide bonds. The van der Waals surface area contributed by atoms with Crippen LogP contribution >= 0.6 is 0 Å². The molecular weight excluding hydrogens is 342 g/mol. The number of Topliss-reactive ketones (excluding diaryl/α,β-unsaturated/α-hetero) is 1. The number of aryl methyl sites for hydroxylation is 1. The minimum Gasteiger partial charge on any atom is -0.462 e. The third kappa shape index (κ3) is 3.01. The first kappa shape index (κ1) is 17.7. The molecule has 0 saturated heterocycles. The molecule has 27 heavy (non-hydrogen) atoms. The van der Waals surface area contributed by atoms with E-state index in [4.69, 9.17) is 9.15 Å². The number of benzene rings is 1. The van der Waals surface area contributed by atoms with Crippen LogP contribution in [0.15, 0.2) is 33.7 Å². The van der Waals surface area contributed by atoms with Crippen molar-refractivity contribution in [1.82, 2.24) is 0 Å². The predicted molar refractivity (Wildman–Crippen MR) is 103 cm³/mol. The lowest BCUT2D eigenvalue weighted by Gasteiger charge is -2.21. The molecule has 0 radical (unpaired) electrons. The molecule has 0 aliphatic heterocycles. The van der Waals surface area contributed by atoms with Gasteiger partial charge in [0, 0.05) is 28.9 Å². The molecule has 1 aromatic heterocycles. The summed E-state index contributed by atoms with van der Waals surface area (Å²) in [5, 5.41) is 0. The fraction of sp³-hybridized carbons (Fsp3) is 0.409. The molecule has 2 aromatic rings. The minimum atomic E-state index is -0.618. The Morgan fingerprint density at radius 1 is 1.26 bits per heavy atom. The number of furan rings is 1. The molecule has 0 spiro atoms. The van der Waals surface area contributed by atoms with Crippen molar-refractivity contribution in [3.63, 3.8) is 0 Å². The molecule has 5 nitrogen and oxygen atoms in total. The zero-order valence-corrected chi connectivity index (χ0v) is 15.7. The van der Waals surface area contributed by atoms with Crippen LogP contribution in [0.2, 0.25) is 0 Å². The molecule has 0 bridgehead atoms. The van der Waals surface area contributed by atoms with Crippen molar-refractivity contribution in [2.75, 3.05) is 6.61 Å². The number of nitrogens with zero attached hydrogens (tertiary/aromatic N) is 1. The van der Waals surface area contributed by atoms with Gasteiger partial charge in [0.25, 0.3) is 0 Å². The van der Waals surface area contributed by atoms with E-state index in [0.29, 0.717) is 28.2 Å². The van der Waals surface area contributed by atoms with E-state index in [0.717, 1.165) is 18.4 Å². The molecule has 140 valence electrons.